The molecule has 1 N–H and O–H groups in total. The monoisotopic (exact) mass is 373 g/mol. The van der Waals surface area contributed by atoms with Crippen LogP contribution in [-0.2, 0) is 24.1 Å². The first-order chi connectivity index (χ1) is 12.1. The van der Waals surface area contributed by atoms with Crippen LogP contribution in [0.25, 0.3) is 11.0 Å². The van der Waals surface area contributed by atoms with Crippen molar-refractivity contribution in [3.63, 3.8) is 0 Å². The first-order valence-corrected chi connectivity index (χ1v) is 9.40. The summed E-state index contributed by atoms with van der Waals surface area (Å²) in [6, 6.07) is 10.1. The van der Waals surface area contributed by atoms with Gasteiger partial charge in [-0.25, -0.2) is 8.42 Å². The van der Waals surface area contributed by atoms with E-state index in [1.165, 1.54) is 29.3 Å². The average molecular weight is 373 g/mol. The van der Waals surface area contributed by atoms with E-state index < -0.39 is 21.1 Å². The van der Waals surface area contributed by atoms with Crippen LogP contribution in [0.15, 0.2) is 50.9 Å². The van der Waals surface area contributed by atoms with Crippen molar-refractivity contribution in [3.05, 3.63) is 68.2 Å². The van der Waals surface area contributed by atoms with Crippen molar-refractivity contribution < 1.29 is 8.42 Å². The normalized spacial score (nSPS) is 11.7. The van der Waals surface area contributed by atoms with Crippen LogP contribution in [0.3, 0.4) is 0 Å². The summed E-state index contributed by atoms with van der Waals surface area (Å²) in [6.07, 6.45) is 0. The Morgan fingerprint density at radius 2 is 1.38 bits per heavy atom. The molecule has 0 radical (unpaired) electrons. The fraction of sp³-hybridized carbons (Fsp3) is 0.222. The lowest BCUT2D eigenvalue weighted by Gasteiger charge is -2.15. The Bertz CT molecular complexity index is 1250. The fourth-order valence-corrected chi connectivity index (χ4v) is 4.26. The highest BCUT2D eigenvalue weighted by Crippen LogP contribution is 2.25. The standard InChI is InChI=1S/C18H19N3O4S/c1-11-7-5-6-8-13(11)19-26(24,25)16-10-15-14(9-12(16)2)20(3)17(22)18(23)21(15)4/h5-10,19H,1-4H3. The molecular formula is C18H19N3O4S. The molecule has 1 heterocycles. The van der Waals surface area contributed by atoms with Gasteiger partial charge in [0.2, 0.25) is 0 Å². The summed E-state index contributed by atoms with van der Waals surface area (Å²) in [5, 5.41) is 0. The first-order valence-electron chi connectivity index (χ1n) is 7.92. The third-order valence-electron chi connectivity index (χ3n) is 4.47. The summed E-state index contributed by atoms with van der Waals surface area (Å²) in [5.74, 6) is 0. The van der Waals surface area contributed by atoms with Gasteiger partial charge in [0.25, 0.3) is 10.0 Å². The van der Waals surface area contributed by atoms with Crippen LogP contribution >= 0.6 is 0 Å². The molecule has 0 spiro atoms. The van der Waals surface area contributed by atoms with Gasteiger partial charge < -0.3 is 9.13 Å². The quantitative estimate of drug-likeness (QED) is 0.707. The second-order valence-electron chi connectivity index (χ2n) is 6.26. The number of para-hydroxylation sites is 1. The minimum Gasteiger partial charge on any atom is -0.305 e. The minimum absolute atomic E-state index is 0.0573. The van der Waals surface area contributed by atoms with E-state index in [0.29, 0.717) is 22.3 Å². The summed E-state index contributed by atoms with van der Waals surface area (Å²) in [5.41, 5.74) is 1.25. The topological polar surface area (TPSA) is 90.2 Å². The summed E-state index contributed by atoms with van der Waals surface area (Å²) >= 11 is 0. The van der Waals surface area contributed by atoms with Crippen LogP contribution in [0.4, 0.5) is 5.69 Å². The molecule has 0 atom stereocenters. The zero-order chi connectivity index (χ0) is 19.2. The van der Waals surface area contributed by atoms with E-state index in [2.05, 4.69) is 4.72 Å². The van der Waals surface area contributed by atoms with Crippen LogP contribution in [0.5, 0.6) is 0 Å². The highest BCUT2D eigenvalue weighted by atomic mass is 32.2. The zero-order valence-electron chi connectivity index (χ0n) is 14.9. The van der Waals surface area contributed by atoms with Crippen molar-refractivity contribution in [2.24, 2.45) is 14.1 Å². The molecule has 0 saturated heterocycles. The highest BCUT2D eigenvalue weighted by Gasteiger charge is 2.20. The van der Waals surface area contributed by atoms with Crippen molar-refractivity contribution in [2.75, 3.05) is 4.72 Å². The third-order valence-corrected chi connectivity index (χ3v) is 5.97. The molecule has 0 saturated carbocycles. The summed E-state index contributed by atoms with van der Waals surface area (Å²) < 4.78 is 30.8. The Morgan fingerprint density at radius 3 is 1.96 bits per heavy atom. The molecule has 3 aromatic rings. The molecule has 0 aliphatic carbocycles. The van der Waals surface area contributed by atoms with Gasteiger partial charge in [-0.1, -0.05) is 18.2 Å². The Kier molecular flexibility index (Phi) is 4.23. The summed E-state index contributed by atoms with van der Waals surface area (Å²) in [7, 11) is -0.921. The lowest BCUT2D eigenvalue weighted by Crippen LogP contribution is -2.39. The lowest BCUT2D eigenvalue weighted by molar-refractivity contribution is 0.600. The molecule has 0 fully saturated rings. The molecule has 0 aliphatic heterocycles. The molecule has 0 unspecified atom stereocenters. The number of nitrogens with zero attached hydrogens (tertiary/aromatic N) is 2. The molecule has 136 valence electrons. The fourth-order valence-electron chi connectivity index (χ4n) is 2.88. The smallest absolute Gasteiger partial charge is 0.305 e. The predicted octanol–water partition coefficient (Wildman–Crippen LogP) is 1.65. The van der Waals surface area contributed by atoms with E-state index in [4.69, 9.17) is 0 Å². The number of fused-ring (bicyclic) bond motifs is 1. The van der Waals surface area contributed by atoms with Crippen molar-refractivity contribution in [3.8, 4) is 0 Å². The van der Waals surface area contributed by atoms with E-state index in [0.717, 1.165) is 5.56 Å². The van der Waals surface area contributed by atoms with Gasteiger partial charge in [0.1, 0.15) is 0 Å². The molecular weight excluding hydrogens is 354 g/mol. The van der Waals surface area contributed by atoms with E-state index in [1.54, 1.807) is 25.1 Å². The second kappa shape index (κ2) is 6.14. The Balaban J connectivity index is 2.25. The summed E-state index contributed by atoms with van der Waals surface area (Å²) in [4.78, 5) is 24.1. The molecule has 2 aromatic carbocycles. The van der Waals surface area contributed by atoms with Gasteiger partial charge in [-0.3, -0.25) is 14.3 Å². The number of hydrogen-bond donors (Lipinski definition) is 1. The van der Waals surface area contributed by atoms with Crippen LogP contribution in [-0.4, -0.2) is 17.6 Å². The van der Waals surface area contributed by atoms with Crippen molar-refractivity contribution in [1.82, 2.24) is 9.13 Å². The molecule has 7 nitrogen and oxygen atoms in total. The molecule has 0 aliphatic rings. The maximum atomic E-state index is 12.9. The molecule has 1 aromatic heterocycles. The number of benzene rings is 2. The summed E-state index contributed by atoms with van der Waals surface area (Å²) in [6.45, 7) is 3.46. The predicted molar refractivity (Wildman–Crippen MR) is 101 cm³/mol. The van der Waals surface area contributed by atoms with Crippen LogP contribution in [0.2, 0.25) is 0 Å². The van der Waals surface area contributed by atoms with Crippen LogP contribution in [0.1, 0.15) is 11.1 Å². The van der Waals surface area contributed by atoms with Crippen molar-refractivity contribution in [1.29, 1.82) is 0 Å². The van der Waals surface area contributed by atoms with Gasteiger partial charge in [-0.05, 0) is 43.2 Å². The van der Waals surface area contributed by atoms with Gasteiger partial charge >= 0.3 is 11.1 Å². The van der Waals surface area contributed by atoms with Gasteiger partial charge in [0.05, 0.1) is 21.6 Å². The molecule has 8 heteroatoms. The first kappa shape index (κ1) is 17.9. The van der Waals surface area contributed by atoms with Crippen molar-refractivity contribution in [2.45, 2.75) is 18.7 Å². The molecule has 3 rings (SSSR count). The maximum absolute atomic E-state index is 12.9. The van der Waals surface area contributed by atoms with Gasteiger partial charge in [0, 0.05) is 14.1 Å². The van der Waals surface area contributed by atoms with Crippen molar-refractivity contribution >= 4 is 26.7 Å². The number of rotatable bonds is 3. The maximum Gasteiger partial charge on any atom is 0.316 e. The van der Waals surface area contributed by atoms with Crippen LogP contribution in [0, 0.1) is 13.8 Å². The SMILES string of the molecule is Cc1ccccc1NS(=O)(=O)c1cc2c(cc1C)n(C)c(=O)c(=O)n2C. The molecule has 26 heavy (non-hydrogen) atoms. The Labute approximate surface area is 150 Å². The highest BCUT2D eigenvalue weighted by molar-refractivity contribution is 7.92. The average Bonchev–Trinajstić information content (AvgIpc) is 2.59. The number of hydrogen-bond acceptors (Lipinski definition) is 4. The van der Waals surface area contributed by atoms with Crippen LogP contribution < -0.4 is 15.8 Å². The van der Waals surface area contributed by atoms with Gasteiger partial charge in [-0.15, -0.1) is 0 Å². The number of nitrogens with one attached hydrogen (secondary N) is 1. The van der Waals surface area contributed by atoms with Gasteiger partial charge in [-0.2, -0.15) is 0 Å². The molecule has 0 amide bonds. The van der Waals surface area contributed by atoms with E-state index in [9.17, 15) is 18.0 Å². The number of aromatic nitrogens is 2. The Morgan fingerprint density at radius 1 is 0.846 bits per heavy atom. The minimum atomic E-state index is -3.86. The Hall–Kier alpha value is -2.87. The second-order valence-corrected chi connectivity index (χ2v) is 7.91. The third kappa shape index (κ3) is 2.82. The van der Waals surface area contributed by atoms with E-state index in [-0.39, 0.29) is 4.90 Å². The van der Waals surface area contributed by atoms with E-state index >= 15 is 0 Å². The van der Waals surface area contributed by atoms with E-state index in [1.807, 2.05) is 19.1 Å². The molecule has 0 bridgehead atoms. The largest absolute Gasteiger partial charge is 0.316 e. The number of aryl methyl sites for hydroxylation is 4. The number of anilines is 1. The lowest BCUT2D eigenvalue weighted by atomic mass is 10.2. The zero-order valence-corrected chi connectivity index (χ0v) is 15.7. The number of sulfonamides is 1. The van der Waals surface area contributed by atoms with Gasteiger partial charge in [0.15, 0.2) is 0 Å².